The Balaban J connectivity index is 1.82. The Morgan fingerprint density at radius 3 is 2.71 bits per heavy atom. The van der Waals surface area contributed by atoms with Crippen molar-refractivity contribution in [3.8, 4) is 0 Å². The summed E-state index contributed by atoms with van der Waals surface area (Å²) in [7, 11) is 0. The van der Waals surface area contributed by atoms with Crippen LogP contribution in [0.5, 0.6) is 0 Å². The van der Waals surface area contributed by atoms with E-state index in [0.29, 0.717) is 0 Å². The Bertz CT molecular complexity index is 657. The molecule has 2 aromatic carbocycles. The van der Waals surface area contributed by atoms with Crippen LogP contribution in [-0.4, -0.2) is 0 Å². The fourth-order valence-corrected chi connectivity index (χ4v) is 3.11. The quantitative estimate of drug-likeness (QED) is 0.667. The van der Waals surface area contributed by atoms with Crippen LogP contribution in [0.2, 0.25) is 5.02 Å². The zero-order chi connectivity index (χ0) is 14.8. The maximum absolute atomic E-state index is 13.6. The molecule has 0 bridgehead atoms. The van der Waals surface area contributed by atoms with Gasteiger partial charge in [0.1, 0.15) is 5.82 Å². The predicted octanol–water partition coefficient (Wildman–Crippen LogP) is 3.71. The molecule has 21 heavy (non-hydrogen) atoms. The van der Waals surface area contributed by atoms with Crippen LogP contribution < -0.4 is 11.3 Å². The summed E-state index contributed by atoms with van der Waals surface area (Å²) in [6, 6.07) is 11.3. The zero-order valence-corrected chi connectivity index (χ0v) is 12.5. The highest BCUT2D eigenvalue weighted by Crippen LogP contribution is 2.26. The van der Waals surface area contributed by atoms with E-state index >= 15 is 0 Å². The third-order valence-electron chi connectivity index (χ3n) is 4.15. The highest BCUT2D eigenvalue weighted by Gasteiger charge is 2.15. The van der Waals surface area contributed by atoms with Gasteiger partial charge >= 0.3 is 0 Å². The van der Waals surface area contributed by atoms with Gasteiger partial charge in [-0.15, -0.1) is 0 Å². The Morgan fingerprint density at radius 1 is 1.14 bits per heavy atom. The normalized spacial score (nSPS) is 15.0. The number of fused-ring (bicyclic) bond motifs is 1. The maximum atomic E-state index is 13.6. The number of nitrogens with two attached hydrogens (primary N) is 1. The molecule has 1 aliphatic carbocycles. The smallest absolute Gasteiger partial charge is 0.142 e. The molecule has 0 heterocycles. The Kier molecular flexibility index (Phi) is 4.24. The van der Waals surface area contributed by atoms with Gasteiger partial charge in [0, 0.05) is 0 Å². The van der Waals surface area contributed by atoms with Gasteiger partial charge in [-0.2, -0.15) is 0 Å². The zero-order valence-electron chi connectivity index (χ0n) is 11.7. The van der Waals surface area contributed by atoms with Gasteiger partial charge in [0.25, 0.3) is 0 Å². The van der Waals surface area contributed by atoms with E-state index in [2.05, 4.69) is 23.6 Å². The summed E-state index contributed by atoms with van der Waals surface area (Å²) in [4.78, 5) is 0. The minimum absolute atomic E-state index is 0.129. The first-order chi connectivity index (χ1) is 10.2. The molecular weight excluding hydrogens is 287 g/mol. The molecule has 0 amide bonds. The Labute approximate surface area is 129 Å². The van der Waals surface area contributed by atoms with E-state index in [9.17, 15) is 4.39 Å². The van der Waals surface area contributed by atoms with Crippen LogP contribution in [0.1, 0.15) is 34.7 Å². The lowest BCUT2D eigenvalue weighted by atomic mass is 9.97. The molecular formula is C17H18ClFN2. The van der Waals surface area contributed by atoms with E-state index < -0.39 is 5.82 Å². The maximum Gasteiger partial charge on any atom is 0.142 e. The van der Waals surface area contributed by atoms with Crippen molar-refractivity contribution >= 4 is 11.6 Å². The van der Waals surface area contributed by atoms with E-state index in [1.165, 1.54) is 35.6 Å². The van der Waals surface area contributed by atoms with Crippen LogP contribution in [-0.2, 0) is 19.3 Å². The van der Waals surface area contributed by atoms with Crippen LogP contribution in [0, 0.1) is 5.82 Å². The first-order valence-corrected chi connectivity index (χ1v) is 7.57. The second kappa shape index (κ2) is 6.14. The summed E-state index contributed by atoms with van der Waals surface area (Å²) in [6.45, 7) is 0. The summed E-state index contributed by atoms with van der Waals surface area (Å²) < 4.78 is 13.6. The van der Waals surface area contributed by atoms with Crippen molar-refractivity contribution < 1.29 is 4.39 Å². The number of halogens is 2. The lowest BCUT2D eigenvalue weighted by molar-refractivity contribution is 0.544. The SMILES string of the molecule is NNC(Cc1ccc2c(c1)CCC2)c1ccc(Cl)c(F)c1. The third kappa shape index (κ3) is 3.10. The standard InChI is InChI=1S/C17H18ClFN2/c18-15-7-6-14(10-16(15)19)17(21-20)9-11-4-5-12-2-1-3-13(12)8-11/h4-8,10,17,21H,1-3,9,20H2. The molecule has 1 aliphatic rings. The first kappa shape index (κ1) is 14.5. The van der Waals surface area contributed by atoms with Crippen LogP contribution in [0.25, 0.3) is 0 Å². The van der Waals surface area contributed by atoms with Crippen molar-refractivity contribution in [1.82, 2.24) is 5.43 Å². The van der Waals surface area contributed by atoms with E-state index in [1.807, 2.05) is 6.07 Å². The second-order valence-electron chi connectivity index (χ2n) is 5.55. The second-order valence-corrected chi connectivity index (χ2v) is 5.96. The van der Waals surface area contributed by atoms with Crippen molar-refractivity contribution in [2.75, 3.05) is 0 Å². The van der Waals surface area contributed by atoms with Crippen molar-refractivity contribution in [3.63, 3.8) is 0 Å². The lowest BCUT2D eigenvalue weighted by Gasteiger charge is -2.17. The molecule has 3 N–H and O–H groups in total. The van der Waals surface area contributed by atoms with Gasteiger partial charge in [-0.25, -0.2) is 4.39 Å². The summed E-state index contributed by atoms with van der Waals surface area (Å²) in [5.74, 6) is 5.23. The number of rotatable bonds is 4. The van der Waals surface area contributed by atoms with Gasteiger partial charge in [-0.1, -0.05) is 35.9 Å². The minimum atomic E-state index is -0.414. The van der Waals surface area contributed by atoms with Gasteiger partial charge in [0.05, 0.1) is 11.1 Å². The number of hydrogen-bond acceptors (Lipinski definition) is 2. The lowest BCUT2D eigenvalue weighted by Crippen LogP contribution is -2.29. The number of aryl methyl sites for hydroxylation is 2. The fourth-order valence-electron chi connectivity index (χ4n) is 2.99. The van der Waals surface area contributed by atoms with Gasteiger partial charge in [-0.05, 0) is 60.1 Å². The molecule has 0 fully saturated rings. The number of benzene rings is 2. The summed E-state index contributed by atoms with van der Waals surface area (Å²) in [6.07, 6.45) is 4.29. The molecule has 0 saturated carbocycles. The molecule has 2 nitrogen and oxygen atoms in total. The van der Waals surface area contributed by atoms with E-state index in [4.69, 9.17) is 17.4 Å². The van der Waals surface area contributed by atoms with Gasteiger partial charge in [0.15, 0.2) is 0 Å². The molecule has 2 aromatic rings. The topological polar surface area (TPSA) is 38.0 Å². The molecule has 3 rings (SSSR count). The molecule has 1 unspecified atom stereocenters. The number of hydrogen-bond donors (Lipinski definition) is 2. The van der Waals surface area contributed by atoms with Crippen molar-refractivity contribution in [2.24, 2.45) is 5.84 Å². The monoisotopic (exact) mass is 304 g/mol. The van der Waals surface area contributed by atoms with Crippen molar-refractivity contribution in [2.45, 2.75) is 31.7 Å². The third-order valence-corrected chi connectivity index (χ3v) is 4.46. The van der Waals surface area contributed by atoms with Crippen molar-refractivity contribution in [3.05, 3.63) is 69.5 Å². The van der Waals surface area contributed by atoms with E-state index in [0.717, 1.165) is 18.4 Å². The van der Waals surface area contributed by atoms with Gasteiger partial charge < -0.3 is 0 Å². The van der Waals surface area contributed by atoms with Crippen LogP contribution >= 0.6 is 11.6 Å². The van der Waals surface area contributed by atoms with E-state index in [-0.39, 0.29) is 11.1 Å². The largest absolute Gasteiger partial charge is 0.271 e. The Hall–Kier alpha value is -1.42. The molecule has 0 aromatic heterocycles. The average molecular weight is 305 g/mol. The van der Waals surface area contributed by atoms with E-state index in [1.54, 1.807) is 6.07 Å². The summed E-state index contributed by atoms with van der Waals surface area (Å²) in [5.41, 5.74) is 7.68. The predicted molar refractivity (Wildman–Crippen MR) is 83.6 cm³/mol. The van der Waals surface area contributed by atoms with Crippen LogP contribution in [0.15, 0.2) is 36.4 Å². The molecule has 0 radical (unpaired) electrons. The molecule has 0 aliphatic heterocycles. The van der Waals surface area contributed by atoms with Crippen LogP contribution in [0.3, 0.4) is 0 Å². The first-order valence-electron chi connectivity index (χ1n) is 7.19. The highest BCUT2D eigenvalue weighted by atomic mass is 35.5. The summed E-state index contributed by atoms with van der Waals surface area (Å²) >= 11 is 5.73. The van der Waals surface area contributed by atoms with Gasteiger partial charge in [0.2, 0.25) is 0 Å². The fraction of sp³-hybridized carbons (Fsp3) is 0.294. The number of nitrogens with one attached hydrogen (secondary N) is 1. The average Bonchev–Trinajstić information content (AvgIpc) is 2.95. The van der Waals surface area contributed by atoms with Crippen LogP contribution in [0.4, 0.5) is 4.39 Å². The molecule has 1 atom stereocenters. The summed E-state index contributed by atoms with van der Waals surface area (Å²) in [5, 5.41) is 0.132. The number of hydrazine groups is 1. The minimum Gasteiger partial charge on any atom is -0.271 e. The molecule has 110 valence electrons. The molecule has 0 saturated heterocycles. The highest BCUT2D eigenvalue weighted by molar-refractivity contribution is 6.30. The Morgan fingerprint density at radius 2 is 1.95 bits per heavy atom. The van der Waals surface area contributed by atoms with Gasteiger partial charge in [-0.3, -0.25) is 11.3 Å². The molecule has 0 spiro atoms. The molecule has 4 heteroatoms. The van der Waals surface area contributed by atoms with Crippen molar-refractivity contribution in [1.29, 1.82) is 0 Å².